The molecule has 2 atom stereocenters. The Bertz CT molecular complexity index is 439. The molecule has 0 radical (unpaired) electrons. The first-order valence-corrected chi connectivity index (χ1v) is 5.22. The molecule has 2 aliphatic rings. The molecule has 1 aliphatic heterocycles. The van der Waals surface area contributed by atoms with Crippen molar-refractivity contribution in [3.05, 3.63) is 29.6 Å². The molecule has 0 amide bonds. The van der Waals surface area contributed by atoms with Gasteiger partial charge >= 0.3 is 0 Å². The van der Waals surface area contributed by atoms with Crippen molar-refractivity contribution in [2.75, 3.05) is 18.0 Å². The minimum atomic E-state index is -0.268. The minimum absolute atomic E-state index is 0.268. The number of piperidine rings is 1. The van der Waals surface area contributed by atoms with E-state index in [-0.39, 0.29) is 5.82 Å². The summed E-state index contributed by atoms with van der Waals surface area (Å²) in [6.07, 6.45) is 1.31. The van der Waals surface area contributed by atoms with Crippen LogP contribution in [0.3, 0.4) is 0 Å². The Morgan fingerprint density at radius 2 is 2.07 bits per heavy atom. The Morgan fingerprint density at radius 3 is 2.67 bits per heavy atom. The second-order valence-electron chi connectivity index (χ2n) is 4.44. The number of fused-ring (bicyclic) bond motifs is 1. The zero-order chi connectivity index (χ0) is 10.4. The predicted molar refractivity (Wildman–Crippen MR) is 54.9 cm³/mol. The molecule has 76 valence electrons. The first-order valence-electron chi connectivity index (χ1n) is 5.22. The maximum atomic E-state index is 13.6. The molecule has 0 unspecified atom stereocenters. The molecule has 1 aromatic carbocycles. The molecular weight excluding hydrogens is 191 g/mol. The number of benzene rings is 1. The number of nitriles is 1. The quantitative estimate of drug-likeness (QED) is 0.697. The van der Waals surface area contributed by atoms with E-state index in [0.717, 1.165) is 24.9 Å². The molecule has 2 fully saturated rings. The first kappa shape index (κ1) is 8.72. The molecule has 1 aliphatic carbocycles. The normalized spacial score (nSPS) is 27.3. The molecule has 0 bridgehead atoms. The van der Waals surface area contributed by atoms with E-state index in [1.165, 1.54) is 12.5 Å². The Kier molecular flexibility index (Phi) is 1.72. The third-order valence-corrected chi connectivity index (χ3v) is 3.40. The average molecular weight is 202 g/mol. The van der Waals surface area contributed by atoms with Crippen LogP contribution in [0.5, 0.6) is 0 Å². The number of nitrogens with zero attached hydrogens (tertiary/aromatic N) is 2. The summed E-state index contributed by atoms with van der Waals surface area (Å²) in [4.78, 5) is 2.09. The lowest BCUT2D eigenvalue weighted by Gasteiger charge is -2.20. The molecule has 15 heavy (non-hydrogen) atoms. The van der Waals surface area contributed by atoms with Gasteiger partial charge in [-0.3, -0.25) is 0 Å². The van der Waals surface area contributed by atoms with Crippen LogP contribution < -0.4 is 4.90 Å². The monoisotopic (exact) mass is 202 g/mol. The first-order chi connectivity index (χ1) is 7.28. The number of halogens is 1. The largest absolute Gasteiger partial charge is 0.369 e. The highest BCUT2D eigenvalue weighted by atomic mass is 19.1. The number of anilines is 1. The molecule has 1 heterocycles. The lowest BCUT2D eigenvalue weighted by molar-refractivity contribution is 0.618. The molecule has 1 aromatic rings. The van der Waals surface area contributed by atoms with Crippen LogP contribution in [0.1, 0.15) is 12.0 Å². The molecule has 0 N–H and O–H groups in total. The van der Waals surface area contributed by atoms with Gasteiger partial charge in [-0.25, -0.2) is 4.39 Å². The topological polar surface area (TPSA) is 27.0 Å². The molecule has 2 nitrogen and oxygen atoms in total. The third-order valence-electron chi connectivity index (χ3n) is 3.40. The smallest absolute Gasteiger partial charge is 0.147 e. The van der Waals surface area contributed by atoms with Crippen LogP contribution in [0, 0.1) is 29.0 Å². The van der Waals surface area contributed by atoms with Crippen molar-refractivity contribution in [1.82, 2.24) is 0 Å². The molecule has 0 aromatic heterocycles. The Labute approximate surface area is 87.9 Å². The van der Waals surface area contributed by atoms with Crippen molar-refractivity contribution in [2.45, 2.75) is 6.42 Å². The third kappa shape index (κ3) is 1.37. The summed E-state index contributed by atoms with van der Waals surface area (Å²) in [6, 6.07) is 6.67. The molecular formula is C12H11FN2. The second-order valence-corrected chi connectivity index (χ2v) is 4.44. The van der Waals surface area contributed by atoms with Gasteiger partial charge < -0.3 is 4.90 Å². The van der Waals surface area contributed by atoms with E-state index in [2.05, 4.69) is 4.90 Å². The van der Waals surface area contributed by atoms with Crippen molar-refractivity contribution in [2.24, 2.45) is 11.8 Å². The summed E-state index contributed by atoms with van der Waals surface area (Å²) in [5.41, 5.74) is 1.04. The van der Waals surface area contributed by atoms with Crippen LogP contribution in [0.15, 0.2) is 18.2 Å². The molecule has 0 spiro atoms. The van der Waals surface area contributed by atoms with E-state index in [4.69, 9.17) is 5.26 Å². The number of rotatable bonds is 1. The van der Waals surface area contributed by atoms with Gasteiger partial charge in [0.25, 0.3) is 0 Å². The van der Waals surface area contributed by atoms with Crippen LogP contribution in [0.25, 0.3) is 0 Å². The standard InChI is InChI=1S/C12H11FN2/c13-11-3-8(5-14)1-2-12(11)15-6-9-4-10(9)7-15/h1-3,9-10H,4,6-7H2/t9-,10+. The van der Waals surface area contributed by atoms with Crippen LogP contribution in [0.4, 0.5) is 10.1 Å². The zero-order valence-electron chi connectivity index (χ0n) is 8.28. The van der Waals surface area contributed by atoms with Crippen molar-refractivity contribution >= 4 is 5.69 Å². The lowest BCUT2D eigenvalue weighted by Crippen LogP contribution is -2.22. The summed E-state index contributed by atoms with van der Waals surface area (Å²) in [5, 5.41) is 8.64. The van der Waals surface area contributed by atoms with Gasteiger partial charge in [-0.15, -0.1) is 0 Å². The highest BCUT2D eigenvalue weighted by Crippen LogP contribution is 2.46. The maximum absolute atomic E-state index is 13.6. The van der Waals surface area contributed by atoms with Crippen molar-refractivity contribution in [3.63, 3.8) is 0 Å². The van der Waals surface area contributed by atoms with E-state index >= 15 is 0 Å². The van der Waals surface area contributed by atoms with E-state index in [0.29, 0.717) is 11.3 Å². The van der Waals surface area contributed by atoms with Gasteiger partial charge in [-0.1, -0.05) is 0 Å². The summed E-state index contributed by atoms with van der Waals surface area (Å²) in [5.74, 6) is 1.32. The Hall–Kier alpha value is -1.56. The van der Waals surface area contributed by atoms with E-state index in [1.807, 2.05) is 6.07 Å². The fraction of sp³-hybridized carbons (Fsp3) is 0.417. The fourth-order valence-corrected chi connectivity index (χ4v) is 2.43. The van der Waals surface area contributed by atoms with E-state index < -0.39 is 0 Å². The molecule has 1 saturated carbocycles. The summed E-state index contributed by atoms with van der Waals surface area (Å²) in [7, 11) is 0. The van der Waals surface area contributed by atoms with Crippen LogP contribution in [0.2, 0.25) is 0 Å². The predicted octanol–water partition coefficient (Wildman–Crippen LogP) is 2.15. The second kappa shape index (κ2) is 2.96. The Morgan fingerprint density at radius 1 is 1.33 bits per heavy atom. The Balaban J connectivity index is 1.89. The summed E-state index contributed by atoms with van der Waals surface area (Å²) < 4.78 is 13.6. The average Bonchev–Trinajstić information content (AvgIpc) is 2.85. The van der Waals surface area contributed by atoms with Gasteiger partial charge in [-0.05, 0) is 36.5 Å². The van der Waals surface area contributed by atoms with Gasteiger partial charge in [0.15, 0.2) is 0 Å². The number of hydrogen-bond donors (Lipinski definition) is 0. The molecule has 3 rings (SSSR count). The van der Waals surface area contributed by atoms with Crippen LogP contribution in [-0.4, -0.2) is 13.1 Å². The lowest BCUT2D eigenvalue weighted by atomic mass is 10.2. The highest BCUT2D eigenvalue weighted by molar-refractivity contribution is 5.52. The van der Waals surface area contributed by atoms with Crippen molar-refractivity contribution in [1.29, 1.82) is 5.26 Å². The van der Waals surface area contributed by atoms with E-state index in [9.17, 15) is 4.39 Å². The van der Waals surface area contributed by atoms with Crippen molar-refractivity contribution in [3.8, 4) is 6.07 Å². The maximum Gasteiger partial charge on any atom is 0.147 e. The minimum Gasteiger partial charge on any atom is -0.369 e. The fourth-order valence-electron chi connectivity index (χ4n) is 2.43. The van der Waals surface area contributed by atoms with Crippen LogP contribution >= 0.6 is 0 Å². The zero-order valence-corrected chi connectivity index (χ0v) is 8.28. The SMILES string of the molecule is N#Cc1ccc(N2C[C@H]3C[C@H]3C2)c(F)c1. The summed E-state index contributed by atoms with van der Waals surface area (Å²) in [6.45, 7) is 1.96. The van der Waals surface area contributed by atoms with Crippen LogP contribution in [-0.2, 0) is 0 Å². The molecule has 3 heteroatoms. The van der Waals surface area contributed by atoms with Gasteiger partial charge in [-0.2, -0.15) is 5.26 Å². The van der Waals surface area contributed by atoms with Gasteiger partial charge in [0, 0.05) is 13.1 Å². The van der Waals surface area contributed by atoms with Crippen molar-refractivity contribution < 1.29 is 4.39 Å². The van der Waals surface area contributed by atoms with Gasteiger partial charge in [0.05, 0.1) is 17.3 Å². The number of hydrogen-bond acceptors (Lipinski definition) is 2. The summed E-state index contributed by atoms with van der Waals surface area (Å²) >= 11 is 0. The van der Waals surface area contributed by atoms with Gasteiger partial charge in [0.1, 0.15) is 5.82 Å². The van der Waals surface area contributed by atoms with E-state index in [1.54, 1.807) is 12.1 Å². The highest BCUT2D eigenvalue weighted by Gasteiger charge is 2.45. The van der Waals surface area contributed by atoms with Gasteiger partial charge in [0.2, 0.25) is 0 Å². The molecule has 1 saturated heterocycles.